The van der Waals surface area contributed by atoms with Crippen molar-refractivity contribution in [3.05, 3.63) is 36.0 Å². The molecule has 1 aliphatic heterocycles. The Balaban J connectivity index is 1.55. The van der Waals surface area contributed by atoms with E-state index >= 15 is 0 Å². The summed E-state index contributed by atoms with van der Waals surface area (Å²) in [6, 6.07) is 6.68. The molecule has 4 rings (SSSR count). The lowest BCUT2D eigenvalue weighted by molar-refractivity contribution is -0.127. The molecule has 1 saturated carbocycles. The Morgan fingerprint density at radius 3 is 2.53 bits per heavy atom. The minimum Gasteiger partial charge on any atom is -0.486 e. The van der Waals surface area contributed by atoms with Crippen LogP contribution in [0.3, 0.4) is 0 Å². The lowest BCUT2D eigenvalue weighted by atomic mass is 9.87. The third-order valence-electron chi connectivity index (χ3n) is 6.11. The highest BCUT2D eigenvalue weighted by atomic mass is 32.2. The molecule has 2 atom stereocenters. The summed E-state index contributed by atoms with van der Waals surface area (Å²) in [7, 11) is -1.74. The number of amides is 2. The highest BCUT2D eigenvalue weighted by Crippen LogP contribution is 2.36. The second-order valence-electron chi connectivity index (χ2n) is 8.40. The van der Waals surface area contributed by atoms with Gasteiger partial charge in [0.15, 0.2) is 20.0 Å². The van der Waals surface area contributed by atoms with Crippen LogP contribution in [0.1, 0.15) is 44.1 Å². The Hall–Kier alpha value is -2.46. The zero-order valence-electron chi connectivity index (χ0n) is 18.1. The standard InChI is InChI=1S/C22H27N3O5S2/c1-14(26)25-10-9-15(13-25)11-19(21(27)24-22-23-12-20(30-2)31-22)16-3-5-17(6-4-16)32(28,29)18-7-8-18/h3-6,12,15,18-19H,7-11,13H2,1-2H3,(H,23,24,27)/t15-,19-/m1/s1. The topological polar surface area (TPSA) is 106 Å². The molecule has 2 amide bonds. The van der Waals surface area contributed by atoms with Crippen LogP contribution in [0.4, 0.5) is 5.13 Å². The summed E-state index contributed by atoms with van der Waals surface area (Å²) < 4.78 is 30.2. The molecule has 32 heavy (non-hydrogen) atoms. The molecule has 1 aromatic heterocycles. The first-order valence-electron chi connectivity index (χ1n) is 10.7. The van der Waals surface area contributed by atoms with Gasteiger partial charge < -0.3 is 15.0 Å². The van der Waals surface area contributed by atoms with Crippen LogP contribution in [-0.2, 0) is 19.4 Å². The van der Waals surface area contributed by atoms with Gasteiger partial charge in [-0.1, -0.05) is 23.5 Å². The van der Waals surface area contributed by atoms with E-state index in [2.05, 4.69) is 10.3 Å². The maximum atomic E-state index is 13.2. The second-order valence-corrected chi connectivity index (χ2v) is 11.6. The Kier molecular flexibility index (Phi) is 6.52. The van der Waals surface area contributed by atoms with Crippen LogP contribution in [-0.4, -0.2) is 55.6 Å². The number of ether oxygens (including phenoxy) is 1. The molecular formula is C22H27N3O5S2. The highest BCUT2D eigenvalue weighted by Gasteiger charge is 2.37. The van der Waals surface area contributed by atoms with Crippen LogP contribution in [0, 0.1) is 5.92 Å². The zero-order valence-corrected chi connectivity index (χ0v) is 19.7. The summed E-state index contributed by atoms with van der Waals surface area (Å²) in [6.07, 6.45) is 4.37. The van der Waals surface area contributed by atoms with E-state index in [1.54, 1.807) is 49.4 Å². The number of nitrogens with one attached hydrogen (secondary N) is 1. The Morgan fingerprint density at radius 1 is 1.25 bits per heavy atom. The Labute approximate surface area is 191 Å². The van der Waals surface area contributed by atoms with E-state index in [1.165, 1.54) is 11.3 Å². The highest BCUT2D eigenvalue weighted by molar-refractivity contribution is 7.92. The number of aromatic nitrogens is 1. The van der Waals surface area contributed by atoms with Crippen molar-refractivity contribution < 1.29 is 22.7 Å². The first-order chi connectivity index (χ1) is 15.3. The minimum atomic E-state index is -3.28. The van der Waals surface area contributed by atoms with Gasteiger partial charge in [-0.15, -0.1) is 0 Å². The van der Waals surface area contributed by atoms with E-state index in [0.29, 0.717) is 47.4 Å². The van der Waals surface area contributed by atoms with E-state index in [9.17, 15) is 18.0 Å². The molecule has 2 aromatic rings. The maximum Gasteiger partial charge on any atom is 0.233 e. The minimum absolute atomic E-state index is 0.0398. The number of likely N-dealkylation sites (tertiary alicyclic amines) is 1. The number of carbonyl (C=O) groups excluding carboxylic acids is 2. The molecule has 1 aromatic carbocycles. The van der Waals surface area contributed by atoms with Gasteiger partial charge in [-0.2, -0.15) is 0 Å². The smallest absolute Gasteiger partial charge is 0.233 e. The van der Waals surface area contributed by atoms with Gasteiger partial charge >= 0.3 is 0 Å². The molecule has 1 saturated heterocycles. The SMILES string of the molecule is COc1cnc(NC(=O)[C@H](C[C@H]2CCN(C(C)=O)C2)c2ccc(S(=O)(=O)C3CC3)cc2)s1. The summed E-state index contributed by atoms with van der Waals surface area (Å²) in [5.41, 5.74) is 0.752. The average molecular weight is 478 g/mol. The van der Waals surface area contributed by atoms with Gasteiger partial charge in [0.1, 0.15) is 0 Å². The number of methoxy groups -OCH3 is 1. The van der Waals surface area contributed by atoms with Crippen molar-refractivity contribution in [1.29, 1.82) is 0 Å². The third-order valence-corrected chi connectivity index (χ3v) is 9.26. The lowest BCUT2D eigenvalue weighted by Gasteiger charge is -2.21. The molecule has 0 radical (unpaired) electrons. The fourth-order valence-corrected chi connectivity index (χ4v) is 6.40. The lowest BCUT2D eigenvalue weighted by Crippen LogP contribution is -2.27. The number of rotatable bonds is 8. The van der Waals surface area contributed by atoms with Crippen molar-refractivity contribution in [3.8, 4) is 5.06 Å². The third kappa shape index (κ3) is 4.96. The van der Waals surface area contributed by atoms with E-state index in [0.717, 1.165) is 12.0 Å². The van der Waals surface area contributed by atoms with Gasteiger partial charge in [-0.3, -0.25) is 9.59 Å². The van der Waals surface area contributed by atoms with Crippen LogP contribution >= 0.6 is 11.3 Å². The summed E-state index contributed by atoms with van der Waals surface area (Å²) in [5.74, 6) is -0.464. The number of anilines is 1. The van der Waals surface area contributed by atoms with Gasteiger partial charge in [-0.25, -0.2) is 13.4 Å². The quantitative estimate of drug-likeness (QED) is 0.626. The van der Waals surface area contributed by atoms with E-state index in [4.69, 9.17) is 4.74 Å². The van der Waals surface area contributed by atoms with Gasteiger partial charge in [0.25, 0.3) is 0 Å². The van der Waals surface area contributed by atoms with E-state index in [1.807, 2.05) is 0 Å². The predicted octanol–water partition coefficient (Wildman–Crippen LogP) is 3.07. The first kappa shape index (κ1) is 22.7. The predicted molar refractivity (Wildman–Crippen MR) is 122 cm³/mol. The second kappa shape index (κ2) is 9.19. The van der Waals surface area contributed by atoms with E-state index in [-0.39, 0.29) is 23.0 Å². The number of sulfone groups is 1. The number of benzene rings is 1. The zero-order chi connectivity index (χ0) is 22.9. The number of thiazole rings is 1. The van der Waals surface area contributed by atoms with Crippen molar-refractivity contribution in [2.45, 2.75) is 48.7 Å². The summed E-state index contributed by atoms with van der Waals surface area (Å²) in [5, 5.41) is 3.63. The maximum absolute atomic E-state index is 13.2. The number of carbonyl (C=O) groups is 2. The van der Waals surface area contributed by atoms with E-state index < -0.39 is 15.8 Å². The molecule has 0 spiro atoms. The summed E-state index contributed by atoms with van der Waals surface area (Å²) >= 11 is 1.24. The van der Waals surface area contributed by atoms with Crippen LogP contribution in [0.5, 0.6) is 5.06 Å². The Bertz CT molecular complexity index is 1090. The molecule has 0 unspecified atom stereocenters. The number of hydrogen-bond acceptors (Lipinski definition) is 7. The molecule has 2 heterocycles. The first-order valence-corrected chi connectivity index (χ1v) is 13.0. The average Bonchev–Trinajstić information content (AvgIpc) is 3.37. The number of hydrogen-bond donors (Lipinski definition) is 1. The fourth-order valence-electron chi connectivity index (χ4n) is 4.10. The van der Waals surface area contributed by atoms with Crippen molar-refractivity contribution in [1.82, 2.24) is 9.88 Å². The largest absolute Gasteiger partial charge is 0.486 e. The van der Waals surface area contributed by atoms with Gasteiger partial charge in [0, 0.05) is 20.0 Å². The van der Waals surface area contributed by atoms with Crippen LogP contribution in [0.25, 0.3) is 0 Å². The van der Waals surface area contributed by atoms with Gasteiger partial charge in [0.2, 0.25) is 11.8 Å². The molecule has 10 heteroatoms. The van der Waals surface area contributed by atoms with Crippen LogP contribution < -0.4 is 10.1 Å². The van der Waals surface area contributed by atoms with Gasteiger partial charge in [0.05, 0.1) is 29.4 Å². The molecule has 1 N–H and O–H groups in total. The normalized spacial score (nSPS) is 19.6. The van der Waals surface area contributed by atoms with Crippen molar-refractivity contribution in [2.24, 2.45) is 5.92 Å². The molecule has 1 aliphatic carbocycles. The van der Waals surface area contributed by atoms with Crippen LogP contribution in [0.2, 0.25) is 0 Å². The Morgan fingerprint density at radius 2 is 1.97 bits per heavy atom. The van der Waals surface area contributed by atoms with Crippen molar-refractivity contribution >= 4 is 38.1 Å². The van der Waals surface area contributed by atoms with Crippen molar-refractivity contribution in [3.63, 3.8) is 0 Å². The molecule has 8 nitrogen and oxygen atoms in total. The molecule has 2 aliphatic rings. The summed E-state index contributed by atoms with van der Waals surface area (Å²) in [6.45, 7) is 2.87. The van der Waals surface area contributed by atoms with Gasteiger partial charge in [-0.05, 0) is 49.3 Å². The fraction of sp³-hybridized carbons (Fsp3) is 0.500. The van der Waals surface area contributed by atoms with Crippen molar-refractivity contribution in [2.75, 3.05) is 25.5 Å². The molecule has 0 bridgehead atoms. The molecular weight excluding hydrogens is 450 g/mol. The molecule has 2 fully saturated rings. The van der Waals surface area contributed by atoms with Crippen LogP contribution in [0.15, 0.2) is 35.4 Å². The molecule has 172 valence electrons. The monoisotopic (exact) mass is 477 g/mol. The number of nitrogens with zero attached hydrogens (tertiary/aromatic N) is 2. The summed E-state index contributed by atoms with van der Waals surface area (Å²) in [4.78, 5) is 31.2.